The van der Waals surface area contributed by atoms with Gasteiger partial charge in [0.25, 0.3) is 11.6 Å². The number of nitro groups is 1. The van der Waals surface area contributed by atoms with Crippen LogP contribution in [-0.4, -0.2) is 51.9 Å². The molecule has 1 aromatic carbocycles. The Morgan fingerprint density at radius 2 is 1.76 bits per heavy atom. The van der Waals surface area contributed by atoms with Crippen molar-refractivity contribution >= 4 is 45.9 Å². The predicted molar refractivity (Wildman–Crippen MR) is 101 cm³/mol. The van der Waals surface area contributed by atoms with Crippen molar-refractivity contribution in [3.05, 3.63) is 56.8 Å². The fourth-order valence-corrected chi connectivity index (χ4v) is 3.53. The molecule has 1 aliphatic rings. The molecule has 1 saturated heterocycles. The summed E-state index contributed by atoms with van der Waals surface area (Å²) < 4.78 is 0. The van der Waals surface area contributed by atoms with E-state index >= 15 is 0 Å². The average Bonchev–Trinajstić information content (AvgIpc) is 3.16. The topological polar surface area (TPSA) is 78.7 Å². The molecule has 1 amide bonds. The van der Waals surface area contributed by atoms with Gasteiger partial charge in [0.2, 0.25) is 0 Å². The number of hydrogen-bond donors (Lipinski definition) is 1. The molecule has 130 valence electrons. The lowest BCUT2D eigenvalue weighted by atomic mass is 10.3. The summed E-state index contributed by atoms with van der Waals surface area (Å²) in [5.74, 6) is 0.0592. The molecule has 0 radical (unpaired) electrons. The van der Waals surface area contributed by atoms with Crippen molar-refractivity contribution in [2.45, 2.75) is 0 Å². The van der Waals surface area contributed by atoms with Crippen LogP contribution in [0.3, 0.4) is 0 Å². The maximum absolute atomic E-state index is 12.3. The highest BCUT2D eigenvalue weighted by Crippen LogP contribution is 2.17. The molecule has 0 saturated carbocycles. The first-order valence-electron chi connectivity index (χ1n) is 7.68. The van der Waals surface area contributed by atoms with Crippen molar-refractivity contribution in [3.8, 4) is 0 Å². The summed E-state index contributed by atoms with van der Waals surface area (Å²) in [6, 6.07) is 9.82. The van der Waals surface area contributed by atoms with Crippen molar-refractivity contribution in [1.29, 1.82) is 0 Å². The fourth-order valence-electron chi connectivity index (χ4n) is 2.54. The molecule has 2 heterocycles. The van der Waals surface area contributed by atoms with Crippen LogP contribution in [-0.2, 0) is 0 Å². The maximum Gasteiger partial charge on any atom is 0.269 e. The minimum Gasteiger partial charge on any atom is -0.345 e. The SMILES string of the molecule is O=C(c1cccs1)N1CCN(C(=S)Nc2ccc([N+](=O)[O-])cc2)CC1. The molecule has 3 rings (SSSR count). The van der Waals surface area contributed by atoms with Crippen LogP contribution >= 0.6 is 23.6 Å². The van der Waals surface area contributed by atoms with Crippen molar-refractivity contribution in [3.63, 3.8) is 0 Å². The normalized spacial score (nSPS) is 14.2. The molecule has 9 heteroatoms. The van der Waals surface area contributed by atoms with Crippen LogP contribution in [0.2, 0.25) is 0 Å². The van der Waals surface area contributed by atoms with E-state index in [1.165, 1.54) is 23.5 Å². The monoisotopic (exact) mass is 376 g/mol. The van der Waals surface area contributed by atoms with E-state index in [0.717, 1.165) is 4.88 Å². The standard InChI is InChI=1S/C16H16N4O3S2/c21-15(14-2-1-11-25-14)18-7-9-19(10-8-18)16(24)17-12-3-5-13(6-4-12)20(22)23/h1-6,11H,7-10H2,(H,17,24). The summed E-state index contributed by atoms with van der Waals surface area (Å²) in [7, 11) is 0. The van der Waals surface area contributed by atoms with Gasteiger partial charge in [-0.2, -0.15) is 0 Å². The number of thiocarbonyl (C=S) groups is 1. The van der Waals surface area contributed by atoms with Crippen molar-refractivity contribution in [2.75, 3.05) is 31.5 Å². The van der Waals surface area contributed by atoms with Crippen LogP contribution in [0.25, 0.3) is 0 Å². The number of nitro benzene ring substituents is 1. The molecule has 0 bridgehead atoms. The Bertz CT molecular complexity index is 769. The third-order valence-electron chi connectivity index (χ3n) is 3.92. The molecule has 0 spiro atoms. The van der Waals surface area contributed by atoms with Crippen LogP contribution in [0.5, 0.6) is 0 Å². The van der Waals surface area contributed by atoms with Crippen molar-refractivity contribution in [1.82, 2.24) is 9.80 Å². The van der Waals surface area contributed by atoms with E-state index in [1.54, 1.807) is 12.1 Å². The second kappa shape index (κ2) is 7.58. The van der Waals surface area contributed by atoms with E-state index in [9.17, 15) is 14.9 Å². The highest BCUT2D eigenvalue weighted by Gasteiger charge is 2.23. The second-order valence-electron chi connectivity index (χ2n) is 5.49. The fraction of sp³-hybridized carbons (Fsp3) is 0.250. The number of nitrogens with zero attached hydrogens (tertiary/aromatic N) is 3. The summed E-state index contributed by atoms with van der Waals surface area (Å²) in [6.45, 7) is 2.52. The van der Waals surface area contributed by atoms with Crippen molar-refractivity contribution in [2.24, 2.45) is 0 Å². The largest absolute Gasteiger partial charge is 0.345 e. The molecule has 1 aliphatic heterocycles. The first-order valence-corrected chi connectivity index (χ1v) is 8.96. The third-order valence-corrected chi connectivity index (χ3v) is 5.13. The summed E-state index contributed by atoms with van der Waals surface area (Å²) in [6.07, 6.45) is 0. The number of anilines is 1. The molecule has 1 aromatic heterocycles. The van der Waals surface area contributed by atoms with Crippen LogP contribution in [0.4, 0.5) is 11.4 Å². The Morgan fingerprint density at radius 3 is 2.32 bits per heavy atom. The Hall–Kier alpha value is -2.52. The van der Waals surface area contributed by atoms with Crippen LogP contribution in [0, 0.1) is 10.1 Å². The molecular weight excluding hydrogens is 360 g/mol. The average molecular weight is 376 g/mol. The van der Waals surface area contributed by atoms with Gasteiger partial charge in [-0.25, -0.2) is 0 Å². The maximum atomic E-state index is 12.3. The molecule has 25 heavy (non-hydrogen) atoms. The van der Waals surface area contributed by atoms with Gasteiger partial charge >= 0.3 is 0 Å². The van der Waals surface area contributed by atoms with E-state index < -0.39 is 4.92 Å². The first kappa shape index (κ1) is 17.3. The van der Waals surface area contributed by atoms with Gasteiger partial charge < -0.3 is 15.1 Å². The number of thiophene rings is 1. The lowest BCUT2D eigenvalue weighted by Gasteiger charge is -2.36. The number of rotatable bonds is 3. The van der Waals surface area contributed by atoms with Crippen LogP contribution in [0.1, 0.15) is 9.67 Å². The number of non-ortho nitro benzene ring substituents is 1. The molecule has 1 N–H and O–H groups in total. The summed E-state index contributed by atoms with van der Waals surface area (Å²) in [5, 5.41) is 16.2. The van der Waals surface area contributed by atoms with Crippen LogP contribution in [0.15, 0.2) is 41.8 Å². The highest BCUT2D eigenvalue weighted by atomic mass is 32.1. The number of carbonyl (C=O) groups is 1. The molecule has 7 nitrogen and oxygen atoms in total. The molecular formula is C16H16N4O3S2. The number of piperazine rings is 1. The zero-order valence-electron chi connectivity index (χ0n) is 13.3. The number of nitrogens with one attached hydrogen (secondary N) is 1. The Morgan fingerprint density at radius 1 is 1.12 bits per heavy atom. The van der Waals surface area contributed by atoms with E-state index in [0.29, 0.717) is 37.0 Å². The van der Waals surface area contributed by atoms with Gasteiger partial charge in [0.1, 0.15) is 0 Å². The van der Waals surface area contributed by atoms with Gasteiger partial charge in [0, 0.05) is 44.0 Å². The molecule has 0 unspecified atom stereocenters. The van der Waals surface area contributed by atoms with Gasteiger partial charge in [0.15, 0.2) is 5.11 Å². The predicted octanol–water partition coefficient (Wildman–Crippen LogP) is 2.81. The summed E-state index contributed by atoms with van der Waals surface area (Å²) in [5.41, 5.74) is 0.741. The molecule has 0 aliphatic carbocycles. The quantitative estimate of drug-likeness (QED) is 0.504. The first-order chi connectivity index (χ1) is 12.0. The molecule has 2 aromatic rings. The van der Waals surface area contributed by atoms with E-state index in [4.69, 9.17) is 12.2 Å². The minimum absolute atomic E-state index is 0.0390. The molecule has 1 fully saturated rings. The van der Waals surface area contributed by atoms with Gasteiger partial charge in [0.05, 0.1) is 9.80 Å². The van der Waals surface area contributed by atoms with E-state index in [-0.39, 0.29) is 11.6 Å². The Kier molecular flexibility index (Phi) is 5.25. The Labute approximate surface area is 154 Å². The van der Waals surface area contributed by atoms with Crippen LogP contribution < -0.4 is 5.32 Å². The van der Waals surface area contributed by atoms with Gasteiger partial charge in [-0.15, -0.1) is 11.3 Å². The summed E-state index contributed by atoms with van der Waals surface area (Å²) >= 11 is 6.85. The second-order valence-corrected chi connectivity index (χ2v) is 6.83. The zero-order valence-corrected chi connectivity index (χ0v) is 14.9. The summed E-state index contributed by atoms with van der Waals surface area (Å²) in [4.78, 5) is 27.1. The lowest BCUT2D eigenvalue weighted by Crippen LogP contribution is -2.51. The van der Waals surface area contributed by atoms with Crippen molar-refractivity contribution < 1.29 is 9.72 Å². The number of amides is 1. The van der Waals surface area contributed by atoms with Gasteiger partial charge in [-0.05, 0) is 35.8 Å². The zero-order chi connectivity index (χ0) is 17.8. The number of carbonyl (C=O) groups excluding carboxylic acids is 1. The number of benzene rings is 1. The van der Waals surface area contributed by atoms with Gasteiger partial charge in [-0.3, -0.25) is 14.9 Å². The lowest BCUT2D eigenvalue weighted by molar-refractivity contribution is -0.384. The molecule has 0 atom stereocenters. The minimum atomic E-state index is -0.439. The van der Waals surface area contributed by atoms with Gasteiger partial charge in [-0.1, -0.05) is 6.07 Å². The van der Waals surface area contributed by atoms with E-state index in [2.05, 4.69) is 5.32 Å². The Balaban J connectivity index is 1.53. The smallest absolute Gasteiger partial charge is 0.269 e. The number of hydrogen-bond acceptors (Lipinski definition) is 5. The highest BCUT2D eigenvalue weighted by molar-refractivity contribution is 7.80. The third kappa shape index (κ3) is 4.12. The van der Waals surface area contributed by atoms with E-state index in [1.807, 2.05) is 27.3 Å².